The Hall–Kier alpha value is -1.10. The first kappa shape index (κ1) is 16.0. The Morgan fingerprint density at radius 3 is 2.47 bits per heavy atom. The van der Waals surface area contributed by atoms with Crippen molar-refractivity contribution in [2.24, 2.45) is 11.3 Å². The van der Waals surface area contributed by atoms with Gasteiger partial charge in [-0.15, -0.1) is 0 Å². The lowest BCUT2D eigenvalue weighted by atomic mass is 9.82. The molecule has 0 aliphatic carbocycles. The van der Waals surface area contributed by atoms with Crippen molar-refractivity contribution < 1.29 is 14.7 Å². The SMILES string of the molecule is CCC(CC)(CNC(=O)C1CCNC(C)C1)C(=O)O. The van der Waals surface area contributed by atoms with Crippen LogP contribution in [0.25, 0.3) is 0 Å². The number of carboxylic acids is 1. The van der Waals surface area contributed by atoms with E-state index in [9.17, 15) is 14.7 Å². The highest BCUT2D eigenvalue weighted by Crippen LogP contribution is 2.26. The fourth-order valence-electron chi connectivity index (χ4n) is 2.65. The topological polar surface area (TPSA) is 78.4 Å². The van der Waals surface area contributed by atoms with Gasteiger partial charge in [-0.25, -0.2) is 0 Å². The van der Waals surface area contributed by atoms with Gasteiger partial charge < -0.3 is 15.7 Å². The number of carbonyl (C=O) groups is 2. The molecule has 1 amide bonds. The maximum Gasteiger partial charge on any atom is 0.311 e. The third kappa shape index (κ3) is 3.93. The Morgan fingerprint density at radius 1 is 1.37 bits per heavy atom. The molecule has 0 aromatic heterocycles. The molecule has 0 aromatic carbocycles. The van der Waals surface area contributed by atoms with E-state index in [1.165, 1.54) is 0 Å². The van der Waals surface area contributed by atoms with Crippen LogP contribution in [0.1, 0.15) is 46.5 Å². The quantitative estimate of drug-likeness (QED) is 0.681. The lowest BCUT2D eigenvalue weighted by Crippen LogP contribution is -2.47. The van der Waals surface area contributed by atoms with E-state index in [4.69, 9.17) is 0 Å². The van der Waals surface area contributed by atoms with E-state index in [1.807, 2.05) is 13.8 Å². The summed E-state index contributed by atoms with van der Waals surface area (Å²) < 4.78 is 0. The molecule has 0 bridgehead atoms. The highest BCUT2D eigenvalue weighted by molar-refractivity contribution is 5.80. The fourth-order valence-corrected chi connectivity index (χ4v) is 2.65. The van der Waals surface area contributed by atoms with Crippen molar-refractivity contribution in [3.05, 3.63) is 0 Å². The minimum Gasteiger partial charge on any atom is -0.481 e. The number of hydrogen-bond donors (Lipinski definition) is 3. The number of carbonyl (C=O) groups excluding carboxylic acids is 1. The van der Waals surface area contributed by atoms with Crippen LogP contribution in [0.4, 0.5) is 0 Å². The van der Waals surface area contributed by atoms with Crippen LogP contribution >= 0.6 is 0 Å². The van der Waals surface area contributed by atoms with Gasteiger partial charge in [-0.1, -0.05) is 13.8 Å². The van der Waals surface area contributed by atoms with E-state index < -0.39 is 11.4 Å². The lowest BCUT2D eigenvalue weighted by molar-refractivity contribution is -0.149. The van der Waals surface area contributed by atoms with E-state index in [1.54, 1.807) is 0 Å². The summed E-state index contributed by atoms with van der Waals surface area (Å²) in [5.74, 6) is -0.811. The number of nitrogens with one attached hydrogen (secondary N) is 2. The van der Waals surface area contributed by atoms with E-state index >= 15 is 0 Å². The summed E-state index contributed by atoms with van der Waals surface area (Å²) in [6, 6.07) is 0.353. The summed E-state index contributed by atoms with van der Waals surface area (Å²) in [6.45, 7) is 6.86. The number of aliphatic carboxylic acids is 1. The van der Waals surface area contributed by atoms with Crippen LogP contribution in [0.15, 0.2) is 0 Å². The number of rotatable bonds is 6. The maximum atomic E-state index is 12.1. The summed E-state index contributed by atoms with van der Waals surface area (Å²) >= 11 is 0. The minimum atomic E-state index is -0.825. The molecule has 5 heteroatoms. The van der Waals surface area contributed by atoms with Crippen molar-refractivity contribution in [1.82, 2.24) is 10.6 Å². The molecule has 2 unspecified atom stereocenters. The largest absolute Gasteiger partial charge is 0.481 e. The summed E-state index contributed by atoms with van der Waals surface area (Å²) in [7, 11) is 0. The second kappa shape index (κ2) is 6.89. The van der Waals surface area contributed by atoms with E-state index in [0.29, 0.717) is 18.9 Å². The molecule has 5 nitrogen and oxygen atoms in total. The Labute approximate surface area is 115 Å². The Bertz CT molecular complexity index is 327. The lowest BCUT2D eigenvalue weighted by Gasteiger charge is -2.30. The van der Waals surface area contributed by atoms with Gasteiger partial charge in [0.15, 0.2) is 0 Å². The molecule has 1 heterocycles. The van der Waals surface area contributed by atoms with Gasteiger partial charge in [0, 0.05) is 18.5 Å². The average Bonchev–Trinajstić information content (AvgIpc) is 2.40. The molecule has 2 atom stereocenters. The number of amides is 1. The van der Waals surface area contributed by atoms with Crippen LogP contribution in [-0.4, -0.2) is 36.1 Å². The number of hydrogen-bond acceptors (Lipinski definition) is 3. The van der Waals surface area contributed by atoms with Crippen molar-refractivity contribution in [2.75, 3.05) is 13.1 Å². The van der Waals surface area contributed by atoms with Crippen LogP contribution in [0.2, 0.25) is 0 Å². The van der Waals surface area contributed by atoms with Crippen molar-refractivity contribution >= 4 is 11.9 Å². The van der Waals surface area contributed by atoms with Gasteiger partial charge in [-0.3, -0.25) is 9.59 Å². The molecular formula is C14H26N2O3. The van der Waals surface area contributed by atoms with Gasteiger partial charge in [0.2, 0.25) is 5.91 Å². The van der Waals surface area contributed by atoms with Crippen molar-refractivity contribution in [3.63, 3.8) is 0 Å². The molecule has 0 spiro atoms. The van der Waals surface area contributed by atoms with Gasteiger partial charge in [0.05, 0.1) is 5.41 Å². The molecule has 1 rings (SSSR count). The standard InChI is InChI=1S/C14H26N2O3/c1-4-14(5-2,13(18)19)9-16-12(17)11-6-7-15-10(3)8-11/h10-11,15H,4-9H2,1-3H3,(H,16,17)(H,18,19). The molecule has 0 saturated carbocycles. The average molecular weight is 270 g/mol. The zero-order chi connectivity index (χ0) is 14.5. The van der Waals surface area contributed by atoms with Gasteiger partial charge in [0.25, 0.3) is 0 Å². The van der Waals surface area contributed by atoms with E-state index in [0.717, 1.165) is 19.4 Å². The molecule has 0 aromatic rings. The third-order valence-corrected chi connectivity index (χ3v) is 4.40. The first-order chi connectivity index (χ1) is 8.95. The fraction of sp³-hybridized carbons (Fsp3) is 0.857. The maximum absolute atomic E-state index is 12.1. The zero-order valence-electron chi connectivity index (χ0n) is 12.2. The van der Waals surface area contributed by atoms with E-state index in [-0.39, 0.29) is 18.4 Å². The first-order valence-electron chi connectivity index (χ1n) is 7.19. The van der Waals surface area contributed by atoms with Crippen LogP contribution < -0.4 is 10.6 Å². The predicted molar refractivity (Wildman–Crippen MR) is 73.8 cm³/mol. The van der Waals surface area contributed by atoms with Crippen LogP contribution in [0, 0.1) is 11.3 Å². The minimum absolute atomic E-state index is 0.000810. The van der Waals surface area contributed by atoms with Crippen LogP contribution in [0.3, 0.4) is 0 Å². The first-order valence-corrected chi connectivity index (χ1v) is 7.19. The van der Waals surface area contributed by atoms with Crippen molar-refractivity contribution in [3.8, 4) is 0 Å². The second-order valence-electron chi connectivity index (χ2n) is 5.59. The molecule has 19 heavy (non-hydrogen) atoms. The zero-order valence-corrected chi connectivity index (χ0v) is 12.2. The van der Waals surface area contributed by atoms with Crippen LogP contribution in [-0.2, 0) is 9.59 Å². The van der Waals surface area contributed by atoms with Gasteiger partial charge in [0.1, 0.15) is 0 Å². The normalized spacial score (nSPS) is 23.9. The van der Waals surface area contributed by atoms with Gasteiger partial charge in [-0.2, -0.15) is 0 Å². The summed E-state index contributed by atoms with van der Waals surface area (Å²) in [6.07, 6.45) is 2.71. The molecule has 1 fully saturated rings. The van der Waals surface area contributed by atoms with E-state index in [2.05, 4.69) is 17.6 Å². The molecule has 3 N–H and O–H groups in total. The van der Waals surface area contributed by atoms with Gasteiger partial charge >= 0.3 is 5.97 Å². The number of piperidine rings is 1. The molecule has 110 valence electrons. The smallest absolute Gasteiger partial charge is 0.311 e. The van der Waals surface area contributed by atoms with Crippen LogP contribution in [0.5, 0.6) is 0 Å². The number of carboxylic acid groups (broad SMARTS) is 1. The van der Waals surface area contributed by atoms with Crippen molar-refractivity contribution in [1.29, 1.82) is 0 Å². The monoisotopic (exact) mass is 270 g/mol. The molecule has 1 aliphatic rings. The Kier molecular flexibility index (Phi) is 5.79. The second-order valence-corrected chi connectivity index (χ2v) is 5.59. The molecular weight excluding hydrogens is 244 g/mol. The molecule has 1 aliphatic heterocycles. The molecule has 1 saturated heterocycles. The third-order valence-electron chi connectivity index (χ3n) is 4.40. The van der Waals surface area contributed by atoms with Crippen molar-refractivity contribution in [2.45, 2.75) is 52.5 Å². The highest BCUT2D eigenvalue weighted by atomic mass is 16.4. The summed E-state index contributed by atoms with van der Waals surface area (Å²) in [5.41, 5.74) is -0.825. The van der Waals surface area contributed by atoms with Gasteiger partial charge in [-0.05, 0) is 39.2 Å². The molecule has 0 radical (unpaired) electrons. The Balaban J connectivity index is 2.54. The summed E-state index contributed by atoms with van der Waals surface area (Å²) in [4.78, 5) is 23.5. The summed E-state index contributed by atoms with van der Waals surface area (Å²) in [5, 5.41) is 15.5. The predicted octanol–water partition coefficient (Wildman–Crippen LogP) is 1.38. The highest BCUT2D eigenvalue weighted by Gasteiger charge is 2.36. The Morgan fingerprint density at radius 2 is 2.00 bits per heavy atom.